The van der Waals surface area contributed by atoms with Crippen LogP contribution in [0.25, 0.3) is 0 Å². The van der Waals surface area contributed by atoms with Crippen molar-refractivity contribution in [1.29, 1.82) is 0 Å². The molecule has 2 saturated heterocycles. The second-order valence-electron chi connectivity index (χ2n) is 21.9. The van der Waals surface area contributed by atoms with E-state index in [9.17, 15) is 68.7 Å². The van der Waals surface area contributed by atoms with Crippen LogP contribution in [0.1, 0.15) is 127 Å². The number of ketones is 3. The third-order valence-corrected chi connectivity index (χ3v) is 15.6. The van der Waals surface area contributed by atoms with Crippen LogP contribution >= 0.6 is 0 Å². The third-order valence-electron chi connectivity index (χ3n) is 15.6. The van der Waals surface area contributed by atoms with Gasteiger partial charge in [0.05, 0.1) is 54.9 Å². The van der Waals surface area contributed by atoms with Crippen molar-refractivity contribution >= 4 is 52.8 Å². The number of aromatic amines is 1. The summed E-state index contributed by atoms with van der Waals surface area (Å²) in [6, 6.07) is 7.64. The fourth-order valence-electron chi connectivity index (χ4n) is 11.4. The van der Waals surface area contributed by atoms with Crippen molar-refractivity contribution in [2.24, 2.45) is 5.92 Å². The molecule has 6 amide bonds. The van der Waals surface area contributed by atoms with E-state index in [0.29, 0.717) is 31.5 Å². The lowest BCUT2D eigenvalue weighted by Gasteiger charge is -2.43. The van der Waals surface area contributed by atoms with Gasteiger partial charge >= 0.3 is 0 Å². The monoisotopic (exact) mass is 1150 g/mol. The van der Waals surface area contributed by atoms with E-state index in [0.717, 1.165) is 5.56 Å². The van der Waals surface area contributed by atoms with E-state index in [4.69, 9.17) is 14.2 Å². The number of amides is 6. The number of carbonyl (C=O) groups is 9. The maximum absolute atomic E-state index is 14.5. The molecule has 2 aliphatic heterocycles. The number of nitrogens with one attached hydrogen (secondary N) is 6. The molecular weight excluding hydrogens is 1080 g/mol. The van der Waals surface area contributed by atoms with Crippen molar-refractivity contribution in [3.63, 3.8) is 0 Å². The molecule has 0 radical (unpaired) electrons. The molecule has 2 aliphatic carbocycles. The minimum atomic E-state index is -2.45. The molecule has 25 heteroatoms. The van der Waals surface area contributed by atoms with Gasteiger partial charge in [0.25, 0.3) is 0 Å². The highest BCUT2D eigenvalue weighted by atomic mass is 16.7. The minimum Gasteiger partial charge on any atom is -0.507 e. The van der Waals surface area contributed by atoms with Crippen LogP contribution in [-0.4, -0.2) is 174 Å². The number of likely N-dealkylation sites (tertiary alicyclic amines) is 1. The summed E-state index contributed by atoms with van der Waals surface area (Å²) in [4.78, 5) is 132. The van der Waals surface area contributed by atoms with Crippen molar-refractivity contribution < 1.29 is 82.9 Å². The summed E-state index contributed by atoms with van der Waals surface area (Å²) >= 11 is 0. The zero-order chi connectivity index (χ0) is 60.0. The molecule has 8 rings (SSSR count). The van der Waals surface area contributed by atoms with E-state index in [1.807, 2.05) is 32.0 Å². The molecule has 1 aromatic heterocycles. The number of methoxy groups -OCH3 is 1. The highest BCUT2D eigenvalue weighted by Gasteiger charge is 2.51. The Morgan fingerprint density at radius 3 is 2.31 bits per heavy atom. The number of aromatic nitrogens is 2. The van der Waals surface area contributed by atoms with Gasteiger partial charge in [0, 0.05) is 67.7 Å². The van der Waals surface area contributed by atoms with E-state index >= 15 is 0 Å². The van der Waals surface area contributed by atoms with Gasteiger partial charge in [-0.3, -0.25) is 43.2 Å². The van der Waals surface area contributed by atoms with E-state index in [2.05, 4.69) is 36.6 Å². The molecule has 0 saturated carbocycles. The normalized spacial score (nSPS) is 22.9. The van der Waals surface area contributed by atoms with Crippen LogP contribution in [0, 0.1) is 5.92 Å². The average Bonchev–Trinajstić information content (AvgIpc) is 1.43. The van der Waals surface area contributed by atoms with Crippen LogP contribution in [0.5, 0.6) is 17.2 Å². The number of ether oxygens (including phenoxy) is 3. The molecule has 10 atom stereocenters. The zero-order valence-electron chi connectivity index (χ0n) is 46.6. The second kappa shape index (κ2) is 26.0. The number of rotatable bonds is 22. The third kappa shape index (κ3) is 13.4. The zero-order valence-corrected chi connectivity index (χ0v) is 46.6. The van der Waals surface area contributed by atoms with Gasteiger partial charge in [0.2, 0.25) is 41.2 Å². The summed E-state index contributed by atoms with van der Waals surface area (Å²) in [6.07, 6.45) is -2.97. The number of carbonyl (C=O) groups excluding carboxylic acids is 9. The minimum absolute atomic E-state index is 0.0133. The number of phenols is 2. The van der Waals surface area contributed by atoms with Crippen molar-refractivity contribution in [2.75, 3.05) is 26.8 Å². The number of hydrogen-bond acceptors (Lipinski definition) is 18. The number of imidazole rings is 1. The van der Waals surface area contributed by atoms with Crippen molar-refractivity contribution in [3.05, 3.63) is 106 Å². The van der Waals surface area contributed by atoms with Crippen molar-refractivity contribution in [2.45, 2.75) is 146 Å². The highest BCUT2D eigenvalue weighted by molar-refractivity contribution is 6.31. The van der Waals surface area contributed by atoms with Crippen molar-refractivity contribution in [1.82, 2.24) is 41.5 Å². The first-order chi connectivity index (χ1) is 39.5. The molecule has 444 valence electrons. The molecule has 4 aromatic rings. The Labute approximate surface area is 477 Å². The molecule has 4 aliphatic rings. The summed E-state index contributed by atoms with van der Waals surface area (Å²) in [5.41, 5.74) is -3.20. The Hall–Kier alpha value is -8.10. The Kier molecular flexibility index (Phi) is 19.1. The largest absolute Gasteiger partial charge is 0.507 e. The number of H-pyrrole nitrogens is 1. The van der Waals surface area contributed by atoms with Crippen molar-refractivity contribution in [3.8, 4) is 17.2 Å². The van der Waals surface area contributed by atoms with Gasteiger partial charge in [0.1, 0.15) is 59.7 Å². The first-order valence-electron chi connectivity index (χ1n) is 27.5. The summed E-state index contributed by atoms with van der Waals surface area (Å²) in [7, 11) is 1.28. The number of Topliss-reactive ketones (excluding diaryl/α,β-unsaturated/α-hetero) is 1. The summed E-state index contributed by atoms with van der Waals surface area (Å²) in [5.74, 6) is -8.48. The average molecular weight is 1150 g/mol. The smallest absolute Gasteiger partial charge is 0.243 e. The fourth-order valence-corrected chi connectivity index (χ4v) is 11.4. The van der Waals surface area contributed by atoms with Gasteiger partial charge in [-0.25, -0.2) is 4.98 Å². The fraction of sp³-hybridized carbons (Fsp3) is 0.483. The molecule has 25 nitrogen and oxygen atoms in total. The van der Waals surface area contributed by atoms with Crippen LogP contribution in [-0.2, 0) is 62.3 Å². The molecule has 2 fully saturated rings. The van der Waals surface area contributed by atoms with E-state index in [1.165, 1.54) is 56.6 Å². The SMILES string of the molecule is COc1cccc2c1C(=O)c1c(O)c3c(c(O)c1C2=O)C[C@@](O)(C(=O)CO)C[C@@H]3O[C@H]1C[C@H](NC(=O)[C@H](CC(C)C)NC(=O)[C@H](CCc2ccccc2)NC(=O)CNC(=O)[C@H](Cc2cnc[nH]2)NC(=O)[C@@H]2CCCN2C(C)=O)[C@H](O)[C@H](C)O1. The predicted molar refractivity (Wildman–Crippen MR) is 291 cm³/mol. The van der Waals surface area contributed by atoms with Crippen LogP contribution < -0.4 is 31.3 Å². The molecule has 11 N–H and O–H groups in total. The molecule has 3 heterocycles. The lowest BCUT2D eigenvalue weighted by atomic mass is 9.72. The predicted octanol–water partition coefficient (Wildman–Crippen LogP) is 0.385. The summed E-state index contributed by atoms with van der Waals surface area (Å²) < 4.78 is 17.8. The Morgan fingerprint density at radius 1 is 0.904 bits per heavy atom. The Bertz CT molecular complexity index is 3140. The van der Waals surface area contributed by atoms with Gasteiger partial charge in [-0.2, -0.15) is 0 Å². The van der Waals surface area contributed by atoms with E-state index in [-0.39, 0.29) is 65.5 Å². The van der Waals surface area contributed by atoms with Crippen LogP contribution in [0.2, 0.25) is 0 Å². The quantitative estimate of drug-likeness (QED) is 0.0417. The van der Waals surface area contributed by atoms with Crippen LogP contribution in [0.4, 0.5) is 0 Å². The standard InChI is InChI=1S/C58H70N8O17/c1-28(2)19-37(64-55(77)35(17-16-31-11-7-6-8-12-31)62-43(70)25-60-54(76)38(20-32-24-59-27-61-32)65-57(79)39-14-10-18-66(39)30(4)68)56(78)63-36-21-44(82-29(3)49(36)71)83-41-23-58(80,42(69)26-67)22-34-46(41)53(75)48-47(51(34)73)50(72)33-13-9-15-40(81-5)45(33)52(48)74/h6-9,11-13,15,24,27-29,35-39,41,44,49,67,71,73,75,80H,10,14,16-23,25-26H2,1-5H3,(H,59,61)(H,60,76)(H,62,70)(H,63,78)(H,64,77)(H,65,79)/t29-,35-,36-,37-,38-,39-,41-,44-,49+,58-/m0/s1. The van der Waals surface area contributed by atoms with E-state index < -0.39 is 156 Å². The number of benzene rings is 3. The molecule has 0 spiro atoms. The lowest BCUT2D eigenvalue weighted by molar-refractivity contribution is -0.249. The second-order valence-corrected chi connectivity index (χ2v) is 21.9. The number of aryl methyl sites for hydroxylation is 1. The number of aliphatic hydroxyl groups is 3. The molecule has 83 heavy (non-hydrogen) atoms. The summed E-state index contributed by atoms with van der Waals surface area (Å²) in [5, 5.41) is 70.6. The van der Waals surface area contributed by atoms with Gasteiger partial charge in [0.15, 0.2) is 17.9 Å². The van der Waals surface area contributed by atoms with Gasteiger partial charge in [-0.1, -0.05) is 56.3 Å². The number of hydrogen-bond donors (Lipinski definition) is 11. The topological polar surface area (TPSA) is 375 Å². The molecule has 3 aromatic carbocycles. The lowest BCUT2D eigenvalue weighted by Crippen LogP contribution is -2.60. The molecular formula is C58H70N8O17. The van der Waals surface area contributed by atoms with Gasteiger partial charge < -0.3 is 76.2 Å². The van der Waals surface area contributed by atoms with Gasteiger partial charge in [-0.05, 0) is 56.6 Å². The maximum atomic E-state index is 14.5. The molecule has 0 bridgehead atoms. The maximum Gasteiger partial charge on any atom is 0.243 e. The first kappa shape index (κ1) is 61.0. The highest BCUT2D eigenvalue weighted by Crippen LogP contribution is 2.52. The Balaban J connectivity index is 0.984. The number of phenolic OH excluding ortho intramolecular Hbond substituents is 2. The number of aromatic hydroxyl groups is 2. The van der Waals surface area contributed by atoms with Crippen LogP contribution in [0.15, 0.2) is 61.1 Å². The number of nitrogens with zero attached hydrogens (tertiary/aromatic N) is 2. The van der Waals surface area contributed by atoms with E-state index in [1.54, 1.807) is 12.1 Å². The van der Waals surface area contributed by atoms with Gasteiger partial charge in [-0.15, -0.1) is 0 Å². The van der Waals surface area contributed by atoms with Crippen LogP contribution in [0.3, 0.4) is 0 Å². The Morgan fingerprint density at radius 2 is 1.64 bits per heavy atom. The first-order valence-corrected chi connectivity index (χ1v) is 27.5. The number of fused-ring (bicyclic) bond motifs is 3. The summed E-state index contributed by atoms with van der Waals surface area (Å²) in [6.45, 7) is 5.06. The number of aliphatic hydroxyl groups excluding tert-OH is 2. The molecule has 0 unspecified atom stereocenters.